The van der Waals surface area contributed by atoms with Gasteiger partial charge in [-0.25, -0.2) is 9.59 Å². The first-order valence-corrected chi connectivity index (χ1v) is 6.76. The van der Waals surface area contributed by atoms with Crippen LogP contribution < -0.4 is 0 Å². The van der Waals surface area contributed by atoms with Crippen LogP contribution in [0.15, 0.2) is 12.2 Å². The lowest BCUT2D eigenvalue weighted by Crippen LogP contribution is -2.46. The molecule has 1 saturated heterocycles. The Hall–Kier alpha value is -1.56. The lowest BCUT2D eigenvalue weighted by atomic mass is 10.2. The zero-order valence-corrected chi connectivity index (χ0v) is 12.5. The molecule has 1 fully saturated rings. The van der Waals surface area contributed by atoms with Crippen molar-refractivity contribution in [2.45, 2.75) is 39.4 Å². The van der Waals surface area contributed by atoms with Gasteiger partial charge in [0.15, 0.2) is 0 Å². The maximum atomic E-state index is 11.9. The zero-order chi connectivity index (χ0) is 15.2. The Labute approximate surface area is 119 Å². The molecule has 0 spiro atoms. The summed E-state index contributed by atoms with van der Waals surface area (Å²) in [6.07, 6.45) is 2.25. The molecule has 1 amide bonds. The SMILES string of the molecule is CCOC(=O)C=C[C@H]1CN(C(=O)OC(C)(C)C)CCO1. The molecule has 1 aliphatic rings. The first-order valence-electron chi connectivity index (χ1n) is 6.76. The van der Waals surface area contributed by atoms with Crippen LogP contribution in [-0.4, -0.2) is 55.0 Å². The molecular weight excluding hydrogens is 262 g/mol. The minimum Gasteiger partial charge on any atom is -0.463 e. The van der Waals surface area contributed by atoms with Gasteiger partial charge >= 0.3 is 12.1 Å². The molecule has 6 heteroatoms. The van der Waals surface area contributed by atoms with E-state index in [0.29, 0.717) is 26.3 Å². The summed E-state index contributed by atoms with van der Waals surface area (Å²) >= 11 is 0. The van der Waals surface area contributed by atoms with Crippen LogP contribution in [0, 0.1) is 0 Å². The average molecular weight is 285 g/mol. The lowest BCUT2D eigenvalue weighted by Gasteiger charge is -2.33. The van der Waals surface area contributed by atoms with Gasteiger partial charge in [0.25, 0.3) is 0 Å². The van der Waals surface area contributed by atoms with E-state index in [9.17, 15) is 9.59 Å². The highest BCUT2D eigenvalue weighted by atomic mass is 16.6. The third-order valence-corrected chi connectivity index (χ3v) is 2.48. The molecule has 114 valence electrons. The van der Waals surface area contributed by atoms with E-state index in [-0.39, 0.29) is 12.2 Å². The second kappa shape index (κ2) is 7.28. The van der Waals surface area contributed by atoms with Gasteiger partial charge in [0.05, 0.1) is 25.9 Å². The molecule has 1 atom stereocenters. The fraction of sp³-hybridized carbons (Fsp3) is 0.714. The van der Waals surface area contributed by atoms with Gasteiger partial charge in [0.1, 0.15) is 5.60 Å². The van der Waals surface area contributed by atoms with Crippen LogP contribution in [0.1, 0.15) is 27.7 Å². The van der Waals surface area contributed by atoms with Crippen LogP contribution in [0.25, 0.3) is 0 Å². The van der Waals surface area contributed by atoms with Gasteiger partial charge < -0.3 is 19.1 Å². The molecule has 0 saturated carbocycles. The Balaban J connectivity index is 2.50. The number of amides is 1. The molecule has 0 aliphatic carbocycles. The second-order valence-corrected chi connectivity index (χ2v) is 5.45. The van der Waals surface area contributed by atoms with Crippen molar-refractivity contribution in [3.63, 3.8) is 0 Å². The van der Waals surface area contributed by atoms with E-state index in [2.05, 4.69) is 0 Å². The van der Waals surface area contributed by atoms with Crippen LogP contribution >= 0.6 is 0 Å². The lowest BCUT2D eigenvalue weighted by molar-refractivity contribution is -0.137. The van der Waals surface area contributed by atoms with Crippen LogP contribution in [0.2, 0.25) is 0 Å². The zero-order valence-electron chi connectivity index (χ0n) is 12.5. The van der Waals surface area contributed by atoms with Crippen molar-refractivity contribution in [1.82, 2.24) is 4.90 Å². The van der Waals surface area contributed by atoms with Gasteiger partial charge in [0.2, 0.25) is 0 Å². The van der Waals surface area contributed by atoms with Crippen molar-refractivity contribution >= 4 is 12.1 Å². The molecule has 0 radical (unpaired) electrons. The van der Waals surface area contributed by atoms with Crippen molar-refractivity contribution in [2.24, 2.45) is 0 Å². The Morgan fingerprint density at radius 1 is 1.40 bits per heavy atom. The molecule has 1 heterocycles. The highest BCUT2D eigenvalue weighted by Crippen LogP contribution is 2.13. The monoisotopic (exact) mass is 285 g/mol. The van der Waals surface area contributed by atoms with Crippen LogP contribution in [0.4, 0.5) is 4.79 Å². The number of hydrogen-bond acceptors (Lipinski definition) is 5. The number of carbonyl (C=O) groups excluding carboxylic acids is 2. The molecule has 20 heavy (non-hydrogen) atoms. The smallest absolute Gasteiger partial charge is 0.410 e. The molecule has 0 unspecified atom stereocenters. The molecule has 1 rings (SSSR count). The number of morpholine rings is 1. The first-order chi connectivity index (χ1) is 9.31. The fourth-order valence-electron chi connectivity index (χ4n) is 1.66. The highest BCUT2D eigenvalue weighted by Gasteiger charge is 2.27. The molecule has 0 aromatic carbocycles. The van der Waals surface area contributed by atoms with E-state index in [0.717, 1.165) is 0 Å². The van der Waals surface area contributed by atoms with Gasteiger partial charge in [-0.15, -0.1) is 0 Å². The normalized spacial score (nSPS) is 20.0. The van der Waals surface area contributed by atoms with Gasteiger partial charge in [-0.05, 0) is 33.8 Å². The van der Waals surface area contributed by atoms with Crippen LogP contribution in [0.3, 0.4) is 0 Å². The van der Waals surface area contributed by atoms with Gasteiger partial charge in [-0.2, -0.15) is 0 Å². The van der Waals surface area contributed by atoms with E-state index < -0.39 is 11.6 Å². The summed E-state index contributed by atoms with van der Waals surface area (Å²) in [5.74, 6) is -0.412. The fourth-order valence-corrected chi connectivity index (χ4v) is 1.66. The van der Waals surface area contributed by atoms with E-state index in [4.69, 9.17) is 14.2 Å². The summed E-state index contributed by atoms with van der Waals surface area (Å²) in [5.41, 5.74) is -0.522. The maximum absolute atomic E-state index is 11.9. The Morgan fingerprint density at radius 2 is 2.10 bits per heavy atom. The molecular formula is C14H23NO5. The van der Waals surface area contributed by atoms with E-state index >= 15 is 0 Å². The molecule has 0 N–H and O–H groups in total. The summed E-state index contributed by atoms with van der Waals surface area (Å²) in [5, 5.41) is 0. The predicted molar refractivity (Wildman–Crippen MR) is 73.3 cm³/mol. The summed E-state index contributed by atoms with van der Waals surface area (Å²) in [6, 6.07) is 0. The topological polar surface area (TPSA) is 65.1 Å². The van der Waals surface area contributed by atoms with Crippen molar-refractivity contribution < 1.29 is 23.8 Å². The number of nitrogens with zero attached hydrogens (tertiary/aromatic N) is 1. The minimum atomic E-state index is -0.522. The molecule has 6 nitrogen and oxygen atoms in total. The quantitative estimate of drug-likeness (QED) is 0.584. The average Bonchev–Trinajstić information content (AvgIpc) is 2.35. The Kier molecular flexibility index (Phi) is 6.01. The summed E-state index contributed by atoms with van der Waals surface area (Å²) in [6.45, 7) is 8.81. The first kappa shape index (κ1) is 16.5. The number of carbonyl (C=O) groups is 2. The van der Waals surface area contributed by atoms with Crippen molar-refractivity contribution in [1.29, 1.82) is 0 Å². The summed E-state index contributed by atoms with van der Waals surface area (Å²) in [4.78, 5) is 24.7. The van der Waals surface area contributed by atoms with Crippen molar-refractivity contribution in [3.8, 4) is 0 Å². The molecule has 0 aromatic heterocycles. The van der Waals surface area contributed by atoms with Crippen LogP contribution in [-0.2, 0) is 19.0 Å². The van der Waals surface area contributed by atoms with Crippen molar-refractivity contribution in [2.75, 3.05) is 26.3 Å². The standard InChI is InChI=1S/C14H23NO5/c1-5-18-12(16)7-6-11-10-15(8-9-19-11)13(17)20-14(2,3)4/h6-7,11H,5,8-10H2,1-4H3/t11-/m0/s1. The van der Waals surface area contributed by atoms with Crippen LogP contribution in [0.5, 0.6) is 0 Å². The van der Waals surface area contributed by atoms with Gasteiger partial charge in [0, 0.05) is 12.6 Å². The third kappa shape index (κ3) is 6.06. The number of rotatable bonds is 3. The largest absolute Gasteiger partial charge is 0.463 e. The van der Waals surface area contributed by atoms with Gasteiger partial charge in [-0.1, -0.05) is 0 Å². The molecule has 0 bridgehead atoms. The van der Waals surface area contributed by atoms with E-state index in [1.54, 1.807) is 17.9 Å². The Bertz CT molecular complexity index is 372. The van der Waals surface area contributed by atoms with E-state index in [1.165, 1.54) is 6.08 Å². The van der Waals surface area contributed by atoms with E-state index in [1.807, 2.05) is 20.8 Å². The summed E-state index contributed by atoms with van der Waals surface area (Å²) < 4.78 is 15.6. The minimum absolute atomic E-state index is 0.319. The summed E-state index contributed by atoms with van der Waals surface area (Å²) in [7, 11) is 0. The molecule has 0 aromatic rings. The number of esters is 1. The highest BCUT2D eigenvalue weighted by molar-refractivity contribution is 5.82. The molecule has 1 aliphatic heterocycles. The maximum Gasteiger partial charge on any atom is 0.410 e. The second-order valence-electron chi connectivity index (χ2n) is 5.45. The number of ether oxygens (including phenoxy) is 3. The predicted octanol–water partition coefficient (Wildman–Crippen LogP) is 1.74. The van der Waals surface area contributed by atoms with Gasteiger partial charge in [-0.3, -0.25) is 0 Å². The Morgan fingerprint density at radius 3 is 2.70 bits per heavy atom. The number of hydrogen-bond donors (Lipinski definition) is 0. The third-order valence-electron chi connectivity index (χ3n) is 2.48. The van der Waals surface area contributed by atoms with Crippen molar-refractivity contribution in [3.05, 3.63) is 12.2 Å².